The molecule has 2 heterocycles. The van der Waals surface area contributed by atoms with Crippen LogP contribution in [0, 0.1) is 23.7 Å². The van der Waals surface area contributed by atoms with Gasteiger partial charge in [0.2, 0.25) is 0 Å². The maximum Gasteiger partial charge on any atom is 0.416 e. The van der Waals surface area contributed by atoms with Crippen LogP contribution in [0.5, 0.6) is 0 Å². The molecular weight excluding hydrogens is 572 g/mol. The first kappa shape index (κ1) is 31.7. The minimum absolute atomic E-state index is 0. The maximum absolute atomic E-state index is 13.7. The third-order valence-corrected chi connectivity index (χ3v) is 10.2. The number of hydrogen-bond acceptors (Lipinski definition) is 1. The quantitative estimate of drug-likeness (QED) is 0.203. The Labute approximate surface area is 233 Å². The molecule has 38 heavy (non-hydrogen) atoms. The topological polar surface area (TPSA) is 9.23 Å². The molecule has 4 rings (SSSR count). The molecule has 6 atom stereocenters. The minimum atomic E-state index is -4.84. The van der Waals surface area contributed by atoms with Crippen molar-refractivity contribution < 1.29 is 52.5 Å². The van der Waals surface area contributed by atoms with Gasteiger partial charge in [-0.2, -0.15) is 26.3 Å². The summed E-state index contributed by atoms with van der Waals surface area (Å²) >= 11 is 0. The van der Waals surface area contributed by atoms with E-state index < -0.39 is 29.1 Å². The third kappa shape index (κ3) is 5.17. The Hall–Kier alpha value is -0.800. The normalized spacial score (nSPS) is 34.6. The van der Waals surface area contributed by atoms with Gasteiger partial charge in [0.25, 0.3) is 0 Å². The second-order valence-corrected chi connectivity index (χ2v) is 12.5. The fourth-order valence-electron chi connectivity index (χ4n) is 8.60. The SMILES string of the molecule is CCCCCCO[C@]1(C(C)C)C[N@+]2(Cc3cc(C(F)(F)F)cc(C(F)(F)F)c3)C[C@@H](C)[C@@H]3CC[C@H]1[C@@]32C.[Br-]. The van der Waals surface area contributed by atoms with Gasteiger partial charge in [-0.3, -0.25) is 0 Å². The lowest BCUT2D eigenvalue weighted by Gasteiger charge is -2.44. The lowest BCUT2D eigenvalue weighted by Crippen LogP contribution is -3.00. The van der Waals surface area contributed by atoms with Crippen LogP contribution < -0.4 is 17.0 Å². The van der Waals surface area contributed by atoms with Gasteiger partial charge >= 0.3 is 12.4 Å². The Kier molecular flexibility index (Phi) is 9.09. The molecule has 1 saturated carbocycles. The van der Waals surface area contributed by atoms with Crippen LogP contribution in [0.25, 0.3) is 0 Å². The van der Waals surface area contributed by atoms with Crippen LogP contribution >= 0.6 is 0 Å². The van der Waals surface area contributed by atoms with Crippen LogP contribution in [0.4, 0.5) is 26.3 Å². The molecule has 3 aliphatic rings. The largest absolute Gasteiger partial charge is 1.00 e. The van der Waals surface area contributed by atoms with Gasteiger partial charge in [-0.15, -0.1) is 0 Å². The summed E-state index contributed by atoms with van der Waals surface area (Å²) in [5.41, 5.74) is -3.00. The first-order valence-electron chi connectivity index (χ1n) is 13.9. The summed E-state index contributed by atoms with van der Waals surface area (Å²) in [5.74, 6) is 1.17. The van der Waals surface area contributed by atoms with Gasteiger partial charge in [0.15, 0.2) is 0 Å². The molecule has 218 valence electrons. The van der Waals surface area contributed by atoms with E-state index in [1.165, 1.54) is 0 Å². The molecule has 0 N–H and O–H groups in total. The van der Waals surface area contributed by atoms with Gasteiger partial charge in [0.1, 0.15) is 24.2 Å². The monoisotopic (exact) mass is 613 g/mol. The van der Waals surface area contributed by atoms with Crippen LogP contribution in [-0.2, 0) is 23.6 Å². The summed E-state index contributed by atoms with van der Waals surface area (Å²) in [7, 11) is 0. The third-order valence-electron chi connectivity index (χ3n) is 10.2. The van der Waals surface area contributed by atoms with Gasteiger partial charge in [-0.05, 0) is 50.3 Å². The number of benzene rings is 1. The summed E-state index contributed by atoms with van der Waals surface area (Å²) in [6.45, 7) is 13.1. The molecule has 2 nitrogen and oxygen atoms in total. The summed E-state index contributed by atoms with van der Waals surface area (Å²) in [4.78, 5) is 0. The number of quaternary nitrogens is 1. The Morgan fingerprint density at radius 1 is 0.974 bits per heavy atom. The van der Waals surface area contributed by atoms with Gasteiger partial charge in [-0.25, -0.2) is 0 Å². The number of hydrogen-bond donors (Lipinski definition) is 0. The zero-order valence-electron chi connectivity index (χ0n) is 23.1. The molecule has 0 aromatic heterocycles. The molecular formula is C29H42BrF6NO. The van der Waals surface area contributed by atoms with Crippen molar-refractivity contribution in [3.8, 4) is 0 Å². The second-order valence-electron chi connectivity index (χ2n) is 12.5. The van der Waals surface area contributed by atoms with E-state index in [9.17, 15) is 26.3 Å². The Morgan fingerprint density at radius 2 is 1.58 bits per heavy atom. The summed E-state index contributed by atoms with van der Waals surface area (Å²) < 4.78 is 89.2. The van der Waals surface area contributed by atoms with E-state index in [2.05, 4.69) is 34.6 Å². The van der Waals surface area contributed by atoms with E-state index in [4.69, 9.17) is 4.74 Å². The molecule has 2 saturated heterocycles. The van der Waals surface area contributed by atoms with E-state index in [0.717, 1.165) is 57.2 Å². The molecule has 1 aromatic carbocycles. The number of unbranched alkanes of at least 4 members (excludes halogenated alkanes) is 3. The molecule has 0 unspecified atom stereocenters. The Morgan fingerprint density at radius 3 is 2.11 bits per heavy atom. The number of ether oxygens (including phenoxy) is 1. The number of rotatable bonds is 9. The first-order valence-corrected chi connectivity index (χ1v) is 13.9. The van der Waals surface area contributed by atoms with Crippen LogP contribution in [0.2, 0.25) is 0 Å². The highest BCUT2D eigenvalue weighted by atomic mass is 79.9. The van der Waals surface area contributed by atoms with Gasteiger partial charge < -0.3 is 26.2 Å². The fraction of sp³-hybridized carbons (Fsp3) is 0.793. The van der Waals surface area contributed by atoms with Gasteiger partial charge in [0.05, 0.1) is 17.7 Å². The van der Waals surface area contributed by atoms with Crippen LogP contribution in [0.1, 0.15) is 89.8 Å². The highest BCUT2D eigenvalue weighted by molar-refractivity contribution is 5.34. The zero-order valence-corrected chi connectivity index (χ0v) is 24.7. The highest BCUT2D eigenvalue weighted by Gasteiger charge is 2.78. The molecule has 0 amide bonds. The van der Waals surface area contributed by atoms with Crippen molar-refractivity contribution in [2.45, 2.75) is 103 Å². The maximum atomic E-state index is 13.7. The van der Waals surface area contributed by atoms with E-state index in [0.29, 0.717) is 29.5 Å². The predicted octanol–water partition coefficient (Wildman–Crippen LogP) is 5.48. The predicted molar refractivity (Wildman–Crippen MR) is 132 cm³/mol. The highest BCUT2D eigenvalue weighted by Crippen LogP contribution is 2.67. The van der Waals surface area contributed by atoms with Crippen molar-refractivity contribution in [1.29, 1.82) is 0 Å². The Bertz CT molecular complexity index is 949. The van der Waals surface area contributed by atoms with Crippen molar-refractivity contribution >= 4 is 0 Å². The minimum Gasteiger partial charge on any atom is -1.00 e. The van der Waals surface area contributed by atoms with Gasteiger partial charge in [0, 0.05) is 29.9 Å². The smallest absolute Gasteiger partial charge is 0.416 e. The van der Waals surface area contributed by atoms with E-state index in [-0.39, 0.29) is 52.5 Å². The van der Waals surface area contributed by atoms with E-state index >= 15 is 0 Å². The molecule has 0 spiro atoms. The summed E-state index contributed by atoms with van der Waals surface area (Å²) in [6.07, 6.45) is -3.31. The average Bonchev–Trinajstić information content (AvgIpc) is 3.32. The number of halogens is 7. The molecule has 1 aliphatic carbocycles. The average molecular weight is 615 g/mol. The van der Waals surface area contributed by atoms with E-state index in [1.54, 1.807) is 0 Å². The van der Waals surface area contributed by atoms with Crippen LogP contribution in [0.3, 0.4) is 0 Å². The molecule has 0 radical (unpaired) electrons. The summed E-state index contributed by atoms with van der Waals surface area (Å²) in [6, 6.07) is 2.11. The van der Waals surface area contributed by atoms with Crippen LogP contribution in [-0.4, -0.2) is 35.3 Å². The van der Waals surface area contributed by atoms with E-state index in [1.807, 2.05) is 0 Å². The van der Waals surface area contributed by atoms with Crippen molar-refractivity contribution in [3.63, 3.8) is 0 Å². The van der Waals surface area contributed by atoms with Crippen LogP contribution in [0.15, 0.2) is 18.2 Å². The van der Waals surface area contributed by atoms with Gasteiger partial charge in [-0.1, -0.05) is 47.0 Å². The standard InChI is InChI=1S/C29H42F6NO.BrH/c1-6-7-8-9-12-37-27(19(2)3)18-36(16-20(4)24-10-11-25(27)26(24,36)5)17-21-13-22(28(30,31)32)15-23(14-21)29(33,34)35;/h13-15,19-20,24-25H,6-12,16-18H2,1-5H3;1H/q+1;/p-1/t20-,24+,25+,26-,27+,36-;/m1./s1. The molecule has 0 bridgehead atoms. The lowest BCUT2D eigenvalue weighted by molar-refractivity contribution is -0.968. The molecule has 1 aromatic rings. The lowest BCUT2D eigenvalue weighted by atomic mass is 9.72. The number of alkyl halides is 6. The number of nitrogens with zero attached hydrogens (tertiary/aromatic N) is 1. The fourth-order valence-corrected chi connectivity index (χ4v) is 8.60. The summed E-state index contributed by atoms with van der Waals surface area (Å²) in [5, 5.41) is 0. The first-order chi connectivity index (χ1) is 17.1. The Balaban J connectivity index is 0.00000400. The molecule has 3 fully saturated rings. The molecule has 2 aliphatic heterocycles. The van der Waals surface area contributed by atoms with Crippen molar-refractivity contribution in [3.05, 3.63) is 34.9 Å². The zero-order chi connectivity index (χ0) is 27.4. The van der Waals surface area contributed by atoms with Crippen molar-refractivity contribution in [1.82, 2.24) is 0 Å². The second kappa shape index (κ2) is 10.9. The van der Waals surface area contributed by atoms with Crippen molar-refractivity contribution in [2.75, 3.05) is 19.7 Å². The molecule has 9 heteroatoms. The van der Waals surface area contributed by atoms with Crippen molar-refractivity contribution in [2.24, 2.45) is 23.7 Å².